The third-order valence-corrected chi connectivity index (χ3v) is 6.88. The number of ether oxygens (including phenoxy) is 1. The maximum atomic E-state index is 15.1. The molecule has 1 saturated heterocycles. The van der Waals surface area contributed by atoms with E-state index in [4.69, 9.17) is 9.15 Å². The van der Waals surface area contributed by atoms with Gasteiger partial charge < -0.3 is 23.9 Å². The number of likely N-dealkylation sites (N-methyl/N-ethyl adjacent to an activating group) is 1. The van der Waals surface area contributed by atoms with Gasteiger partial charge in [-0.15, -0.1) is 10.2 Å². The van der Waals surface area contributed by atoms with Crippen LogP contribution < -0.4 is 14.5 Å². The smallest absolute Gasteiger partial charge is 0.415 e. The van der Waals surface area contributed by atoms with E-state index in [-0.39, 0.29) is 29.6 Å². The summed E-state index contributed by atoms with van der Waals surface area (Å²) in [5, 5.41) is 6.80. The lowest BCUT2D eigenvalue weighted by Crippen LogP contribution is -2.38. The number of aromatic nitrogens is 2. The van der Waals surface area contributed by atoms with Gasteiger partial charge in [0.25, 0.3) is 5.89 Å². The van der Waals surface area contributed by atoms with Crippen LogP contribution in [0.15, 0.2) is 77.2 Å². The number of nitrogens with zero attached hydrogens (tertiary/aromatic N) is 5. The van der Waals surface area contributed by atoms with E-state index in [1.807, 2.05) is 30.1 Å². The number of rotatable bonds is 9. The minimum atomic E-state index is -2.94. The highest BCUT2D eigenvalue weighted by Gasteiger charge is 2.31. The Bertz CT molecular complexity index is 1520. The summed E-state index contributed by atoms with van der Waals surface area (Å²) in [5.74, 6) is -1.28. The predicted molar refractivity (Wildman–Crippen MR) is 144 cm³/mol. The van der Waals surface area contributed by atoms with Crippen LogP contribution in [0, 0.1) is 5.82 Å². The van der Waals surface area contributed by atoms with Crippen LogP contribution >= 0.6 is 0 Å². The number of carbonyl (C=O) groups excluding carboxylic acids is 2. The number of hydrogen-bond acceptors (Lipinski definition) is 7. The molecule has 41 heavy (non-hydrogen) atoms. The SMILES string of the molecule is CN(c1ccccc1N(C=O)Cc1ccc(-c2nnc(C(F)F)o2)cc1F)C1CCN(C(=O)Oc2ccccc2)C1. The summed E-state index contributed by atoms with van der Waals surface area (Å²) in [6.45, 7) is 0.847. The van der Waals surface area contributed by atoms with Gasteiger partial charge in [-0.2, -0.15) is 8.78 Å². The zero-order valence-corrected chi connectivity index (χ0v) is 22.0. The molecule has 9 nitrogen and oxygen atoms in total. The van der Waals surface area contributed by atoms with Crippen molar-refractivity contribution in [1.29, 1.82) is 0 Å². The summed E-state index contributed by atoms with van der Waals surface area (Å²) in [6, 6.07) is 20.0. The number of hydrogen-bond donors (Lipinski definition) is 0. The zero-order valence-electron chi connectivity index (χ0n) is 22.0. The fourth-order valence-corrected chi connectivity index (χ4v) is 4.69. The molecule has 1 aliphatic heterocycles. The van der Waals surface area contributed by atoms with Gasteiger partial charge in [-0.25, -0.2) is 9.18 Å². The third kappa shape index (κ3) is 6.16. The van der Waals surface area contributed by atoms with Gasteiger partial charge >= 0.3 is 12.5 Å². The minimum Gasteiger partial charge on any atom is -0.415 e. The number of halogens is 3. The number of carbonyl (C=O) groups is 2. The van der Waals surface area contributed by atoms with E-state index in [0.717, 1.165) is 11.8 Å². The van der Waals surface area contributed by atoms with Crippen LogP contribution in [0.5, 0.6) is 5.75 Å². The van der Waals surface area contributed by atoms with Gasteiger partial charge in [0.15, 0.2) is 0 Å². The molecule has 3 aromatic carbocycles. The van der Waals surface area contributed by atoms with Gasteiger partial charge in [-0.3, -0.25) is 4.79 Å². The molecule has 212 valence electrons. The average molecular weight is 566 g/mol. The van der Waals surface area contributed by atoms with Crippen molar-refractivity contribution in [3.63, 3.8) is 0 Å². The molecule has 2 amide bonds. The molecule has 1 unspecified atom stereocenters. The minimum absolute atomic E-state index is 0.0449. The van der Waals surface area contributed by atoms with E-state index in [9.17, 15) is 18.4 Å². The van der Waals surface area contributed by atoms with Crippen LogP contribution in [-0.2, 0) is 11.3 Å². The molecule has 0 aliphatic carbocycles. The van der Waals surface area contributed by atoms with Crippen molar-refractivity contribution >= 4 is 23.9 Å². The van der Waals surface area contributed by atoms with E-state index in [0.29, 0.717) is 37.4 Å². The van der Waals surface area contributed by atoms with Crippen molar-refractivity contribution in [1.82, 2.24) is 15.1 Å². The summed E-state index contributed by atoms with van der Waals surface area (Å²) in [6.07, 6.45) is -2.06. The largest absolute Gasteiger partial charge is 0.415 e. The van der Waals surface area contributed by atoms with Gasteiger partial charge in [0.05, 0.1) is 17.9 Å². The van der Waals surface area contributed by atoms with Crippen molar-refractivity contribution in [2.45, 2.75) is 25.4 Å². The van der Waals surface area contributed by atoms with Crippen molar-refractivity contribution in [2.24, 2.45) is 0 Å². The first-order valence-corrected chi connectivity index (χ1v) is 12.8. The van der Waals surface area contributed by atoms with E-state index in [1.165, 1.54) is 17.0 Å². The Morgan fingerprint density at radius 3 is 2.51 bits per heavy atom. The highest BCUT2D eigenvalue weighted by Crippen LogP contribution is 2.33. The Morgan fingerprint density at radius 2 is 1.83 bits per heavy atom. The molecular weight excluding hydrogens is 539 g/mol. The quantitative estimate of drug-likeness (QED) is 0.241. The molecule has 2 heterocycles. The molecule has 1 atom stereocenters. The average Bonchev–Trinajstić information content (AvgIpc) is 3.68. The van der Waals surface area contributed by atoms with Crippen molar-refractivity contribution < 1.29 is 31.9 Å². The molecule has 1 aromatic heterocycles. The van der Waals surface area contributed by atoms with E-state index in [2.05, 4.69) is 10.2 Å². The number of para-hydroxylation sites is 3. The van der Waals surface area contributed by atoms with Gasteiger partial charge in [0.2, 0.25) is 12.3 Å². The maximum absolute atomic E-state index is 15.1. The summed E-state index contributed by atoms with van der Waals surface area (Å²) in [7, 11) is 1.88. The lowest BCUT2D eigenvalue weighted by atomic mass is 10.1. The second-order valence-electron chi connectivity index (χ2n) is 9.45. The standard InChI is InChI=1S/C29H26F3N5O4/c1-35(21-13-14-36(17-21)29(39)40-22-7-3-2-4-8-22)24-9-5-6-10-25(24)37(18-38)16-20-12-11-19(15-23(20)30)27-33-34-28(41-27)26(31)32/h2-12,15,18,21,26H,13-14,16-17H2,1H3. The maximum Gasteiger partial charge on any atom is 0.415 e. The first-order valence-electron chi connectivity index (χ1n) is 12.8. The second-order valence-corrected chi connectivity index (χ2v) is 9.45. The Kier molecular flexibility index (Phi) is 8.18. The molecule has 0 radical (unpaired) electrons. The topological polar surface area (TPSA) is 92.0 Å². The van der Waals surface area contributed by atoms with Crippen molar-refractivity contribution in [2.75, 3.05) is 29.9 Å². The van der Waals surface area contributed by atoms with Crippen LogP contribution in [0.3, 0.4) is 0 Å². The predicted octanol–water partition coefficient (Wildman–Crippen LogP) is 5.69. The number of likely N-dealkylation sites (tertiary alicyclic amines) is 1. The zero-order chi connectivity index (χ0) is 28.9. The Morgan fingerprint density at radius 1 is 1.10 bits per heavy atom. The molecule has 0 saturated carbocycles. The molecule has 1 fully saturated rings. The fourth-order valence-electron chi connectivity index (χ4n) is 4.69. The van der Waals surface area contributed by atoms with Crippen molar-refractivity contribution in [3.05, 3.63) is 90.1 Å². The molecule has 0 spiro atoms. The molecule has 5 rings (SSSR count). The van der Waals surface area contributed by atoms with E-state index in [1.54, 1.807) is 41.3 Å². The van der Waals surface area contributed by atoms with Crippen LogP contribution in [-0.4, -0.2) is 53.8 Å². The van der Waals surface area contributed by atoms with E-state index < -0.39 is 24.2 Å². The summed E-state index contributed by atoms with van der Waals surface area (Å²) in [5.41, 5.74) is 1.62. The lowest BCUT2D eigenvalue weighted by Gasteiger charge is -2.31. The van der Waals surface area contributed by atoms with Crippen LogP contribution in [0.2, 0.25) is 0 Å². The fraction of sp³-hybridized carbons (Fsp3) is 0.241. The Labute approximate surface area is 233 Å². The summed E-state index contributed by atoms with van der Waals surface area (Å²) in [4.78, 5) is 29.9. The van der Waals surface area contributed by atoms with Gasteiger partial charge in [-0.1, -0.05) is 36.4 Å². The number of benzene rings is 3. The van der Waals surface area contributed by atoms with Crippen LogP contribution in [0.4, 0.5) is 29.3 Å². The monoisotopic (exact) mass is 565 g/mol. The van der Waals surface area contributed by atoms with Crippen molar-refractivity contribution in [3.8, 4) is 17.2 Å². The lowest BCUT2D eigenvalue weighted by molar-refractivity contribution is -0.107. The van der Waals surface area contributed by atoms with Crippen LogP contribution in [0.25, 0.3) is 11.5 Å². The van der Waals surface area contributed by atoms with Gasteiger partial charge in [0.1, 0.15) is 11.6 Å². The molecule has 4 aromatic rings. The number of amides is 2. The first-order chi connectivity index (χ1) is 19.8. The summed E-state index contributed by atoms with van der Waals surface area (Å²) >= 11 is 0. The number of anilines is 2. The van der Waals surface area contributed by atoms with Gasteiger partial charge in [-0.05, 0) is 42.8 Å². The molecular formula is C29H26F3N5O4. The Hall–Kier alpha value is -4.87. The van der Waals surface area contributed by atoms with Crippen LogP contribution in [0.1, 0.15) is 24.3 Å². The Balaban J connectivity index is 1.29. The summed E-state index contributed by atoms with van der Waals surface area (Å²) < 4.78 is 51.0. The molecule has 0 N–H and O–H groups in total. The van der Waals surface area contributed by atoms with E-state index >= 15 is 4.39 Å². The normalized spacial score (nSPS) is 14.8. The molecule has 0 bridgehead atoms. The second kappa shape index (κ2) is 12.1. The highest BCUT2D eigenvalue weighted by molar-refractivity contribution is 5.84. The third-order valence-electron chi connectivity index (χ3n) is 6.88. The van der Waals surface area contributed by atoms with Gasteiger partial charge in [0, 0.05) is 37.3 Å². The molecule has 1 aliphatic rings. The first kappa shape index (κ1) is 27.7. The number of alkyl halides is 2. The molecule has 12 heteroatoms. The highest BCUT2D eigenvalue weighted by atomic mass is 19.3.